The molecule has 1 N–H and O–H groups in total. The molecule has 3 heterocycles. The number of fused-ring (bicyclic) bond motifs is 1. The van der Waals surface area contributed by atoms with Crippen LogP contribution < -0.4 is 10.2 Å². The number of amides is 1. The lowest BCUT2D eigenvalue weighted by Gasteiger charge is -2.39. The minimum atomic E-state index is 0.0552. The van der Waals surface area contributed by atoms with Crippen molar-refractivity contribution >= 4 is 22.5 Å². The number of nitrogens with zero attached hydrogens (tertiary/aromatic N) is 4. The molecule has 0 aliphatic carbocycles. The van der Waals surface area contributed by atoms with E-state index in [9.17, 15) is 4.79 Å². The van der Waals surface area contributed by atoms with Crippen molar-refractivity contribution in [1.82, 2.24) is 20.2 Å². The summed E-state index contributed by atoms with van der Waals surface area (Å²) in [5.74, 6) is 0.212. The Labute approximate surface area is 141 Å². The topological polar surface area (TPSA) is 61.4 Å². The van der Waals surface area contributed by atoms with Crippen LogP contribution in [0.5, 0.6) is 0 Å². The summed E-state index contributed by atoms with van der Waals surface area (Å²) in [6, 6.07) is 6.39. The number of carbonyl (C=O) groups is 1. The molecule has 1 amide bonds. The minimum Gasteiger partial charge on any atom is -0.369 e. The molecule has 1 atom stereocenters. The smallest absolute Gasteiger partial charge is 0.237 e. The van der Waals surface area contributed by atoms with Crippen molar-refractivity contribution in [3.05, 3.63) is 30.7 Å². The monoisotopic (exact) mass is 325 g/mol. The Balaban J connectivity index is 1.44. The van der Waals surface area contributed by atoms with Crippen LogP contribution in [-0.4, -0.2) is 59.5 Å². The molecule has 0 bridgehead atoms. The largest absolute Gasteiger partial charge is 0.369 e. The van der Waals surface area contributed by atoms with Crippen LogP contribution in [0.2, 0.25) is 0 Å². The van der Waals surface area contributed by atoms with E-state index in [2.05, 4.69) is 43.3 Å². The van der Waals surface area contributed by atoms with Gasteiger partial charge >= 0.3 is 0 Å². The predicted molar refractivity (Wildman–Crippen MR) is 94.0 cm³/mol. The van der Waals surface area contributed by atoms with Gasteiger partial charge in [0.15, 0.2) is 0 Å². The Morgan fingerprint density at radius 1 is 1.12 bits per heavy atom. The van der Waals surface area contributed by atoms with E-state index in [4.69, 9.17) is 0 Å². The lowest BCUT2D eigenvalue weighted by molar-refractivity contribution is -0.126. The number of aromatic nitrogens is 2. The van der Waals surface area contributed by atoms with Gasteiger partial charge in [0.05, 0.1) is 11.6 Å². The first kappa shape index (κ1) is 15.3. The summed E-state index contributed by atoms with van der Waals surface area (Å²) >= 11 is 0. The Hall–Kier alpha value is -2.21. The Kier molecular flexibility index (Phi) is 4.30. The van der Waals surface area contributed by atoms with Crippen molar-refractivity contribution in [3.63, 3.8) is 0 Å². The zero-order valence-corrected chi connectivity index (χ0v) is 13.8. The van der Waals surface area contributed by atoms with Crippen LogP contribution in [-0.2, 0) is 4.79 Å². The number of benzene rings is 1. The van der Waals surface area contributed by atoms with Gasteiger partial charge < -0.3 is 10.2 Å². The molecule has 2 aliphatic heterocycles. The molecule has 0 radical (unpaired) electrons. The number of rotatable bonds is 2. The van der Waals surface area contributed by atoms with E-state index < -0.39 is 0 Å². The third kappa shape index (κ3) is 3.06. The predicted octanol–water partition coefficient (Wildman–Crippen LogP) is 1.42. The first-order chi connectivity index (χ1) is 11.8. The van der Waals surface area contributed by atoms with E-state index in [0.717, 1.165) is 62.9 Å². The molecule has 1 unspecified atom stereocenters. The molecule has 24 heavy (non-hydrogen) atoms. The third-order valence-corrected chi connectivity index (χ3v) is 5.11. The summed E-state index contributed by atoms with van der Waals surface area (Å²) in [7, 11) is 0. The van der Waals surface area contributed by atoms with Gasteiger partial charge in [-0.1, -0.05) is 0 Å². The number of piperazine rings is 1. The van der Waals surface area contributed by atoms with Crippen LogP contribution in [0.25, 0.3) is 10.9 Å². The second-order valence-electron chi connectivity index (χ2n) is 6.59. The summed E-state index contributed by atoms with van der Waals surface area (Å²) in [6.07, 6.45) is 6.66. The van der Waals surface area contributed by atoms with Crippen molar-refractivity contribution in [2.45, 2.75) is 25.3 Å². The Bertz CT molecular complexity index is 726. The molecular weight excluding hydrogens is 302 g/mol. The van der Waals surface area contributed by atoms with Crippen molar-refractivity contribution in [2.24, 2.45) is 0 Å². The first-order valence-electron chi connectivity index (χ1n) is 8.78. The summed E-state index contributed by atoms with van der Waals surface area (Å²) in [4.78, 5) is 25.3. The highest BCUT2D eigenvalue weighted by Crippen LogP contribution is 2.23. The van der Waals surface area contributed by atoms with Gasteiger partial charge in [0, 0.05) is 50.0 Å². The van der Waals surface area contributed by atoms with Gasteiger partial charge in [-0.2, -0.15) is 0 Å². The molecular formula is C18H23N5O. The van der Waals surface area contributed by atoms with Crippen molar-refractivity contribution in [3.8, 4) is 0 Å². The molecule has 2 aliphatic rings. The van der Waals surface area contributed by atoms with Crippen LogP contribution in [0.3, 0.4) is 0 Å². The van der Waals surface area contributed by atoms with Gasteiger partial charge in [-0.05, 0) is 37.5 Å². The summed E-state index contributed by atoms with van der Waals surface area (Å²) < 4.78 is 0. The van der Waals surface area contributed by atoms with Crippen molar-refractivity contribution in [1.29, 1.82) is 0 Å². The average molecular weight is 325 g/mol. The molecule has 6 heteroatoms. The van der Waals surface area contributed by atoms with E-state index in [1.54, 1.807) is 6.33 Å². The maximum Gasteiger partial charge on any atom is 0.237 e. The fourth-order valence-electron chi connectivity index (χ4n) is 3.73. The second kappa shape index (κ2) is 6.73. The number of hydrogen-bond donors (Lipinski definition) is 1. The van der Waals surface area contributed by atoms with E-state index in [0.29, 0.717) is 0 Å². The van der Waals surface area contributed by atoms with Gasteiger partial charge in [-0.3, -0.25) is 9.69 Å². The Morgan fingerprint density at radius 2 is 2.00 bits per heavy atom. The van der Waals surface area contributed by atoms with E-state index in [-0.39, 0.29) is 11.9 Å². The summed E-state index contributed by atoms with van der Waals surface area (Å²) in [5, 5.41) is 4.12. The zero-order valence-electron chi connectivity index (χ0n) is 13.8. The van der Waals surface area contributed by atoms with Crippen LogP contribution in [0.4, 0.5) is 5.69 Å². The molecule has 2 saturated heterocycles. The molecule has 126 valence electrons. The fraction of sp³-hybridized carbons (Fsp3) is 0.500. The van der Waals surface area contributed by atoms with Gasteiger partial charge in [0.2, 0.25) is 5.91 Å². The lowest BCUT2D eigenvalue weighted by atomic mass is 10.1. The molecule has 2 aromatic rings. The normalized spacial score (nSPS) is 23.1. The molecule has 4 rings (SSSR count). The quantitative estimate of drug-likeness (QED) is 0.905. The highest BCUT2D eigenvalue weighted by molar-refractivity contribution is 5.82. The molecule has 1 aromatic carbocycles. The van der Waals surface area contributed by atoms with Crippen molar-refractivity contribution < 1.29 is 4.79 Å². The number of hydrogen-bond acceptors (Lipinski definition) is 5. The van der Waals surface area contributed by atoms with Crippen molar-refractivity contribution in [2.75, 3.05) is 37.6 Å². The first-order valence-corrected chi connectivity index (χ1v) is 8.78. The van der Waals surface area contributed by atoms with Crippen LogP contribution in [0.15, 0.2) is 30.7 Å². The highest BCUT2D eigenvalue weighted by atomic mass is 16.2. The highest BCUT2D eigenvalue weighted by Gasteiger charge is 2.29. The van der Waals surface area contributed by atoms with Gasteiger partial charge in [0.1, 0.15) is 6.33 Å². The molecule has 0 spiro atoms. The van der Waals surface area contributed by atoms with Crippen LogP contribution >= 0.6 is 0 Å². The SMILES string of the molecule is O=C1NCCCCC1N1CCN(c2ccc3ncncc3c2)CC1. The van der Waals surface area contributed by atoms with Gasteiger partial charge in [-0.15, -0.1) is 0 Å². The number of anilines is 1. The minimum absolute atomic E-state index is 0.0552. The molecule has 1 aromatic heterocycles. The molecule has 0 saturated carbocycles. The van der Waals surface area contributed by atoms with Crippen LogP contribution in [0, 0.1) is 0 Å². The second-order valence-corrected chi connectivity index (χ2v) is 6.59. The number of carbonyl (C=O) groups excluding carboxylic acids is 1. The molecule has 2 fully saturated rings. The summed E-state index contributed by atoms with van der Waals surface area (Å²) in [5.41, 5.74) is 2.18. The van der Waals surface area contributed by atoms with Crippen LogP contribution in [0.1, 0.15) is 19.3 Å². The lowest BCUT2D eigenvalue weighted by Crippen LogP contribution is -2.54. The van der Waals surface area contributed by atoms with E-state index in [1.807, 2.05) is 6.20 Å². The standard InChI is InChI=1S/C18H23N5O/c24-18-17(3-1-2-6-20-18)23-9-7-22(8-10-23)15-4-5-16-14(11-15)12-19-13-21-16/h4-5,11-13,17H,1-3,6-10H2,(H,20,24). The Morgan fingerprint density at radius 3 is 2.88 bits per heavy atom. The average Bonchev–Trinajstić information content (AvgIpc) is 2.86. The van der Waals surface area contributed by atoms with E-state index >= 15 is 0 Å². The van der Waals surface area contributed by atoms with Gasteiger partial charge in [-0.25, -0.2) is 9.97 Å². The van der Waals surface area contributed by atoms with E-state index in [1.165, 1.54) is 5.69 Å². The maximum atomic E-state index is 12.2. The fourth-order valence-corrected chi connectivity index (χ4v) is 3.73. The summed E-state index contributed by atoms with van der Waals surface area (Å²) in [6.45, 7) is 4.59. The third-order valence-electron chi connectivity index (χ3n) is 5.11. The zero-order chi connectivity index (χ0) is 16.4. The van der Waals surface area contributed by atoms with Gasteiger partial charge in [0.25, 0.3) is 0 Å². The maximum absolute atomic E-state index is 12.2. The number of nitrogens with one attached hydrogen (secondary N) is 1. The molecule has 6 nitrogen and oxygen atoms in total.